The lowest BCUT2D eigenvalue weighted by molar-refractivity contribution is -0.202. The Morgan fingerprint density at radius 2 is 1.74 bits per heavy atom. The Labute approximate surface area is 477 Å². The minimum Gasteiger partial charge on any atom is -0.496 e. The summed E-state index contributed by atoms with van der Waals surface area (Å²) >= 11 is 1.62. The van der Waals surface area contributed by atoms with E-state index in [0.29, 0.717) is 101 Å². The van der Waals surface area contributed by atoms with Gasteiger partial charge in [0, 0.05) is 120 Å². The number of fused-ring (bicyclic) bond motifs is 6. The molecule has 0 radical (unpaired) electrons. The molecular formula is C60H83N9O8SSi2. The smallest absolute Gasteiger partial charge is 0.322 e. The van der Waals surface area contributed by atoms with Crippen molar-refractivity contribution in [2.24, 2.45) is 11.3 Å². The summed E-state index contributed by atoms with van der Waals surface area (Å²) in [6, 6.07) is 12.1. The quantitative estimate of drug-likeness (QED) is 0.0168. The third kappa shape index (κ3) is 9.34. The van der Waals surface area contributed by atoms with Crippen molar-refractivity contribution in [3.8, 4) is 5.75 Å². The molecule has 80 heavy (non-hydrogen) atoms. The van der Waals surface area contributed by atoms with E-state index in [1.54, 1.807) is 23.6 Å². The number of ketones is 1. The lowest BCUT2D eigenvalue weighted by Gasteiger charge is -2.63. The molecule has 3 fully saturated rings. The maximum atomic E-state index is 15.6. The van der Waals surface area contributed by atoms with E-state index in [0.717, 1.165) is 62.5 Å². The second kappa shape index (κ2) is 21.1. The molecule has 5 aromatic rings. The lowest BCUT2D eigenvalue weighted by atomic mass is 9.47. The van der Waals surface area contributed by atoms with Gasteiger partial charge in [-0.1, -0.05) is 67.6 Å². The van der Waals surface area contributed by atoms with Crippen molar-refractivity contribution in [3.05, 3.63) is 101 Å². The SMILES string of the molecule is CC[C@]1(O)C[C@@H]2CN(CCc3c([nH]c4ccccc34)[C@@](C(=O)OC)(c3cc4c(cc3OC)N(C)[C@H]3[C@@](O)(C(=O)CCCC[Si](C)(C)O[Si](C)(C)CSc5ncc(Cn6cc(C)nn6)cn5)[C@H](O)[C@]5(CC)C=CCN6CC[C@]43[C@@H]65)C2)C1. The molecule has 10 atom stereocenters. The van der Waals surface area contributed by atoms with Gasteiger partial charge in [-0.3, -0.25) is 19.4 Å². The number of hydrogen-bond donors (Lipinski definition) is 4. The molecule has 3 aromatic heterocycles. The first-order chi connectivity index (χ1) is 38.1. The number of nitrogens with one attached hydrogen (secondary N) is 1. The Kier molecular flexibility index (Phi) is 15.1. The predicted molar refractivity (Wildman–Crippen MR) is 315 cm³/mol. The topological polar surface area (TPSA) is 205 Å². The number of H-pyrrole nitrogens is 1. The normalized spacial score (nSPS) is 31.0. The van der Waals surface area contributed by atoms with Crippen LogP contribution < -0.4 is 9.64 Å². The highest BCUT2D eigenvalue weighted by molar-refractivity contribution is 8.00. The van der Waals surface area contributed by atoms with E-state index in [1.807, 2.05) is 57.7 Å². The van der Waals surface area contributed by atoms with E-state index >= 15 is 9.59 Å². The number of aromatic amines is 1. The summed E-state index contributed by atoms with van der Waals surface area (Å²) in [5.41, 5.74) is 0.590. The molecule has 2 bridgehead atoms. The van der Waals surface area contributed by atoms with Crippen LogP contribution >= 0.6 is 11.8 Å². The zero-order chi connectivity index (χ0) is 56.8. The fourth-order valence-corrected chi connectivity index (χ4v) is 26.8. The van der Waals surface area contributed by atoms with Crippen molar-refractivity contribution in [3.63, 3.8) is 0 Å². The molecule has 17 nitrogen and oxygen atoms in total. The zero-order valence-corrected chi connectivity index (χ0v) is 51.4. The first-order valence-electron chi connectivity index (χ1n) is 29.1. The number of ether oxygens (including phenoxy) is 2. The second-order valence-corrected chi connectivity index (χ2v) is 35.8. The molecular weight excluding hydrogens is 1060 g/mol. The monoisotopic (exact) mass is 1150 g/mol. The van der Waals surface area contributed by atoms with Crippen molar-refractivity contribution in [1.29, 1.82) is 0 Å². The number of carbonyl (C=O) groups excluding carboxylic acids is 2. The molecule has 6 aliphatic rings. The van der Waals surface area contributed by atoms with Crippen LogP contribution in [0.5, 0.6) is 5.75 Å². The van der Waals surface area contributed by atoms with Crippen LogP contribution in [-0.4, -0.2) is 172 Å². The molecule has 0 amide bonds. The summed E-state index contributed by atoms with van der Waals surface area (Å²) in [7, 11) is 0.658. The molecule has 430 valence electrons. The average molecular weight is 1150 g/mol. The highest BCUT2D eigenvalue weighted by atomic mass is 32.2. The number of anilines is 1. The van der Waals surface area contributed by atoms with Crippen molar-refractivity contribution in [2.45, 2.75) is 163 Å². The van der Waals surface area contributed by atoms with Gasteiger partial charge < -0.3 is 38.8 Å². The van der Waals surface area contributed by atoms with Gasteiger partial charge in [0.15, 0.2) is 33.2 Å². The van der Waals surface area contributed by atoms with Gasteiger partial charge in [-0.25, -0.2) is 14.6 Å². The minimum absolute atomic E-state index is 0.0961. The number of para-hydroxylation sites is 1. The van der Waals surface area contributed by atoms with Crippen molar-refractivity contribution in [2.75, 3.05) is 64.3 Å². The standard InChI is InChI=1S/C60H83N9O8SSi2/c1-11-56(73)30-40-31-59(54(72)76-6,50-43(21-25-67(35-40)37-56)42-18-13-14-19-46(42)63-50)45-28-44-47(29-48(45)75-5)66(4)52-58(44)23-26-68-24-17-22-57(12-2,51(58)68)53(71)60(52,74)49(70)20-15-16-27-79(7,8)77-80(9,10)38-78-55-61-32-41(33-62-55)36-69-34-39(3)64-65-69/h13-14,17-19,22,28-29,32-34,40,51-53,63,71,73-74H,11-12,15-16,20-21,23-27,30-31,35-38H2,1-10H3/t40-,51-,52+,53+,56-,57+,58+,59-,60-/m0/s1. The number of thioether (sulfide) groups is 1. The number of methoxy groups -OCH3 is 2. The molecule has 20 heteroatoms. The van der Waals surface area contributed by atoms with Gasteiger partial charge in [-0.15, -0.1) is 5.10 Å². The molecule has 1 aliphatic carbocycles. The summed E-state index contributed by atoms with van der Waals surface area (Å²) in [6.07, 6.45) is 13.0. The van der Waals surface area contributed by atoms with Crippen LogP contribution in [0.4, 0.5) is 5.69 Å². The minimum atomic E-state index is -2.22. The number of nitrogens with zero attached hydrogens (tertiary/aromatic N) is 8. The Morgan fingerprint density at radius 3 is 2.45 bits per heavy atom. The molecule has 1 spiro atoms. The molecule has 2 saturated heterocycles. The second-order valence-electron chi connectivity index (χ2n) is 25.6. The number of rotatable bonds is 18. The molecule has 1 saturated carbocycles. The van der Waals surface area contributed by atoms with Gasteiger partial charge in [-0.05, 0) is 120 Å². The molecule has 1 unspecified atom stereocenters. The number of unbranched alkanes of at least 4 members (excludes halogenated alkanes) is 1. The molecule has 2 aromatic carbocycles. The first-order valence-corrected chi connectivity index (χ1v) is 36.3. The summed E-state index contributed by atoms with van der Waals surface area (Å²) in [5.74, 6) is -0.376. The zero-order valence-electron chi connectivity index (χ0n) is 48.5. The number of carbonyl (C=O) groups is 2. The van der Waals surface area contributed by atoms with Crippen LogP contribution in [0.3, 0.4) is 0 Å². The Balaban J connectivity index is 0.910. The molecule has 4 N–H and O–H groups in total. The van der Waals surface area contributed by atoms with Crippen molar-refractivity contribution in [1.82, 2.24) is 39.7 Å². The fourth-order valence-electron chi connectivity index (χ4n) is 16.3. The van der Waals surface area contributed by atoms with Crippen molar-refractivity contribution < 1.29 is 38.5 Å². The Hall–Kier alpha value is -4.78. The number of hydrogen-bond acceptors (Lipinski definition) is 16. The third-order valence-electron chi connectivity index (χ3n) is 19.5. The predicted octanol–water partition coefficient (Wildman–Crippen LogP) is 7.48. The largest absolute Gasteiger partial charge is 0.496 e. The van der Waals surface area contributed by atoms with E-state index in [2.05, 4.69) is 103 Å². The first kappa shape index (κ1) is 57.1. The van der Waals surface area contributed by atoms with Crippen molar-refractivity contribution >= 4 is 56.7 Å². The highest BCUT2D eigenvalue weighted by Crippen LogP contribution is 2.68. The Morgan fingerprint density at radius 1 is 0.963 bits per heavy atom. The number of benzene rings is 2. The number of aromatic nitrogens is 6. The molecule has 8 heterocycles. The van der Waals surface area contributed by atoms with Crippen LogP contribution in [0.25, 0.3) is 10.9 Å². The van der Waals surface area contributed by atoms with Gasteiger partial charge in [0.25, 0.3) is 0 Å². The van der Waals surface area contributed by atoms with E-state index in [1.165, 1.54) is 7.11 Å². The number of piperidine rings is 1. The summed E-state index contributed by atoms with van der Waals surface area (Å²) in [6.45, 7) is 18.9. The molecule has 11 rings (SSSR count). The molecule has 5 aliphatic heterocycles. The summed E-state index contributed by atoms with van der Waals surface area (Å²) in [4.78, 5) is 51.1. The van der Waals surface area contributed by atoms with Gasteiger partial charge in [-0.2, -0.15) is 0 Å². The Bertz CT molecular complexity index is 3190. The van der Waals surface area contributed by atoms with E-state index in [-0.39, 0.29) is 24.2 Å². The van der Waals surface area contributed by atoms with Crippen LogP contribution in [0.15, 0.2) is 72.3 Å². The number of aliphatic hydroxyl groups is 3. The maximum absolute atomic E-state index is 15.6. The van der Waals surface area contributed by atoms with E-state index < -0.39 is 62.2 Å². The average Bonchev–Trinajstić information content (AvgIpc) is 4.39. The maximum Gasteiger partial charge on any atom is 0.322 e. The third-order valence-corrected chi connectivity index (χ3v) is 29.3. The lowest BCUT2D eigenvalue weighted by Crippen LogP contribution is -2.80. The number of esters is 1. The van der Waals surface area contributed by atoms with Gasteiger partial charge >= 0.3 is 5.97 Å². The summed E-state index contributed by atoms with van der Waals surface area (Å²) in [5, 5.41) is 49.9. The summed E-state index contributed by atoms with van der Waals surface area (Å²) < 4.78 is 21.4. The van der Waals surface area contributed by atoms with Crippen LogP contribution in [0.1, 0.15) is 98.9 Å². The fraction of sp³-hybridized carbons (Fsp3) is 0.600. The van der Waals surface area contributed by atoms with Crippen LogP contribution in [-0.2, 0) is 42.2 Å². The van der Waals surface area contributed by atoms with Crippen LogP contribution in [0.2, 0.25) is 32.2 Å². The number of likely N-dealkylation sites (N-methyl/N-ethyl adjacent to an activating group) is 1. The van der Waals surface area contributed by atoms with Gasteiger partial charge in [0.05, 0.1) is 38.1 Å². The highest BCUT2D eigenvalue weighted by Gasteiger charge is 2.78. The van der Waals surface area contributed by atoms with E-state index in [9.17, 15) is 15.3 Å². The number of aryl methyl sites for hydroxylation is 1. The van der Waals surface area contributed by atoms with Gasteiger partial charge in [0.1, 0.15) is 17.3 Å². The van der Waals surface area contributed by atoms with E-state index in [4.69, 9.17) is 13.6 Å². The number of Topliss-reactive ketones (excluding diaryl/α,β-unsaturated/α-hetero) is 1. The number of aliphatic hydroxyl groups excluding tert-OH is 1. The van der Waals surface area contributed by atoms with Crippen LogP contribution in [0, 0.1) is 18.3 Å². The van der Waals surface area contributed by atoms with Gasteiger partial charge in [0.2, 0.25) is 0 Å².